The Kier molecular flexibility index (Phi) is 8.42. The summed E-state index contributed by atoms with van der Waals surface area (Å²) >= 11 is 0. The number of Topliss-reactive ketones (excluding diaryl/α,β-unsaturated/α-hetero) is 1. The van der Waals surface area contributed by atoms with Gasteiger partial charge in [0.25, 0.3) is 0 Å². The Bertz CT molecular complexity index is 1210. The van der Waals surface area contributed by atoms with Crippen LogP contribution in [0, 0.1) is 0 Å². The van der Waals surface area contributed by atoms with Crippen molar-refractivity contribution in [3.63, 3.8) is 0 Å². The third-order valence-electron chi connectivity index (χ3n) is 6.89. The number of benzene rings is 2. The zero-order valence-electron chi connectivity index (χ0n) is 21.3. The van der Waals surface area contributed by atoms with Crippen LogP contribution in [-0.2, 0) is 9.59 Å². The van der Waals surface area contributed by atoms with E-state index in [1.54, 1.807) is 0 Å². The molecule has 0 saturated carbocycles. The van der Waals surface area contributed by atoms with Gasteiger partial charge in [0.05, 0.1) is 11.8 Å². The maximum absolute atomic E-state index is 12.8. The number of amides is 1. The number of carbonyl (C=O) groups is 2. The highest BCUT2D eigenvalue weighted by Gasteiger charge is 2.32. The first kappa shape index (κ1) is 25.5. The summed E-state index contributed by atoms with van der Waals surface area (Å²) in [5.74, 6) is 0.747. The number of allylic oxidation sites excluding steroid dienone is 6. The Labute approximate surface area is 214 Å². The van der Waals surface area contributed by atoms with Gasteiger partial charge in [-0.25, -0.2) is 0 Å². The third kappa shape index (κ3) is 6.34. The monoisotopic (exact) mass is 484 g/mol. The number of fused-ring (bicyclic) bond motifs is 1. The van der Waals surface area contributed by atoms with Crippen LogP contribution in [0.4, 0.5) is 11.4 Å². The van der Waals surface area contributed by atoms with Crippen molar-refractivity contribution >= 4 is 28.6 Å². The van der Waals surface area contributed by atoms with Crippen LogP contribution in [0.15, 0.2) is 72.3 Å². The fourth-order valence-corrected chi connectivity index (χ4v) is 4.82. The van der Waals surface area contributed by atoms with Gasteiger partial charge in [-0.2, -0.15) is 0 Å². The van der Waals surface area contributed by atoms with E-state index >= 15 is 0 Å². The minimum atomic E-state index is -0.149. The van der Waals surface area contributed by atoms with Crippen molar-refractivity contribution < 1.29 is 14.3 Å². The number of carbonyl (C=O) groups excluding carboxylic acids is 2. The Balaban J connectivity index is 1.20. The predicted molar refractivity (Wildman–Crippen MR) is 147 cm³/mol. The van der Waals surface area contributed by atoms with Crippen molar-refractivity contribution in [1.82, 2.24) is 0 Å². The van der Waals surface area contributed by atoms with Crippen LogP contribution >= 0.6 is 0 Å². The Hall–Kier alpha value is -3.60. The summed E-state index contributed by atoms with van der Waals surface area (Å²) < 4.78 is 5.93. The number of nitrogen functional groups attached to an aromatic ring is 1. The number of ether oxygens (including phenoxy) is 1. The van der Waals surface area contributed by atoms with Crippen LogP contribution < -0.4 is 15.8 Å². The van der Waals surface area contributed by atoms with E-state index in [2.05, 4.69) is 18.3 Å². The molecule has 188 valence electrons. The van der Waals surface area contributed by atoms with E-state index in [9.17, 15) is 9.59 Å². The van der Waals surface area contributed by atoms with Crippen LogP contribution in [0.3, 0.4) is 0 Å². The van der Waals surface area contributed by atoms with Gasteiger partial charge in [0, 0.05) is 23.6 Å². The van der Waals surface area contributed by atoms with E-state index in [1.165, 1.54) is 0 Å². The molecule has 0 saturated heterocycles. The van der Waals surface area contributed by atoms with E-state index in [0.717, 1.165) is 72.2 Å². The van der Waals surface area contributed by atoms with Gasteiger partial charge in [-0.05, 0) is 79.6 Å². The zero-order valence-corrected chi connectivity index (χ0v) is 21.3. The topological polar surface area (TPSA) is 81.4 Å². The normalized spacial score (nSPS) is 18.3. The highest BCUT2D eigenvalue weighted by molar-refractivity contribution is 6.28. The SMILES string of the molecule is CC(CCCCCCC(=O)Nc1ccc2c(c1)/C(=C/C1=CC=CC1)C(=O)[C@H]2C)Oc1ccccc1N. The average Bonchev–Trinajstić information content (AvgIpc) is 3.46. The predicted octanol–water partition coefficient (Wildman–Crippen LogP) is 6.97. The van der Waals surface area contributed by atoms with Gasteiger partial charge in [0.15, 0.2) is 5.78 Å². The molecule has 0 aromatic heterocycles. The number of hydrogen-bond donors (Lipinski definition) is 2. The second-order valence-electron chi connectivity index (χ2n) is 9.79. The summed E-state index contributed by atoms with van der Waals surface area (Å²) in [4.78, 5) is 25.4. The van der Waals surface area contributed by atoms with Gasteiger partial charge in [-0.3, -0.25) is 9.59 Å². The number of nitrogens with one attached hydrogen (secondary N) is 1. The first-order chi connectivity index (χ1) is 17.4. The van der Waals surface area contributed by atoms with E-state index in [-0.39, 0.29) is 23.7 Å². The number of ketones is 1. The lowest BCUT2D eigenvalue weighted by atomic mass is 10.0. The van der Waals surface area contributed by atoms with Crippen molar-refractivity contribution in [1.29, 1.82) is 0 Å². The molecule has 0 spiro atoms. The maximum Gasteiger partial charge on any atom is 0.224 e. The van der Waals surface area contributed by atoms with Gasteiger partial charge in [-0.15, -0.1) is 0 Å². The molecule has 0 bridgehead atoms. The number of anilines is 2. The second-order valence-corrected chi connectivity index (χ2v) is 9.79. The van der Waals surface area contributed by atoms with Crippen LogP contribution in [-0.4, -0.2) is 17.8 Å². The first-order valence-corrected chi connectivity index (χ1v) is 13.0. The van der Waals surface area contributed by atoms with Gasteiger partial charge in [-0.1, -0.05) is 56.2 Å². The van der Waals surface area contributed by atoms with E-state index in [0.29, 0.717) is 12.1 Å². The molecular formula is C31H36N2O3. The Morgan fingerprint density at radius 2 is 1.97 bits per heavy atom. The molecule has 2 aliphatic rings. The van der Waals surface area contributed by atoms with Gasteiger partial charge in [0.2, 0.25) is 5.91 Å². The molecule has 0 aliphatic heterocycles. The summed E-state index contributed by atoms with van der Waals surface area (Å²) in [6.45, 7) is 4.01. The molecule has 0 fully saturated rings. The Morgan fingerprint density at radius 3 is 2.75 bits per heavy atom. The molecule has 2 aromatic rings. The lowest BCUT2D eigenvalue weighted by Crippen LogP contribution is -2.13. The molecule has 5 heteroatoms. The molecule has 2 aliphatic carbocycles. The number of unbranched alkanes of at least 4 members (excludes halogenated alkanes) is 3. The zero-order chi connectivity index (χ0) is 25.5. The fraction of sp³-hybridized carbons (Fsp3) is 0.355. The number of rotatable bonds is 11. The van der Waals surface area contributed by atoms with Gasteiger partial charge in [0.1, 0.15) is 5.75 Å². The highest BCUT2D eigenvalue weighted by atomic mass is 16.5. The van der Waals surface area contributed by atoms with Crippen molar-refractivity contribution in [3.05, 3.63) is 83.5 Å². The van der Waals surface area contributed by atoms with Crippen molar-refractivity contribution in [2.75, 3.05) is 11.1 Å². The smallest absolute Gasteiger partial charge is 0.224 e. The van der Waals surface area contributed by atoms with Crippen LogP contribution in [0.1, 0.15) is 75.8 Å². The van der Waals surface area contributed by atoms with E-state index < -0.39 is 0 Å². The average molecular weight is 485 g/mol. The fourth-order valence-electron chi connectivity index (χ4n) is 4.82. The standard InChI is InChI=1S/C31H36N2O3/c1-21(36-29-15-10-9-14-28(29)32)11-5-3-4-6-16-30(34)33-24-17-18-25-22(2)31(35)27(26(25)20-24)19-23-12-7-8-13-23/h7-10,12,14-15,17-22H,3-6,11,13,16,32H2,1-2H3,(H,33,34)/b27-19-/t21?,22-/m0/s1. The highest BCUT2D eigenvalue weighted by Crippen LogP contribution is 2.40. The van der Waals surface area contributed by atoms with Crippen LogP contribution in [0.2, 0.25) is 0 Å². The maximum atomic E-state index is 12.8. The molecule has 4 rings (SSSR count). The quantitative estimate of drug-likeness (QED) is 0.205. The summed E-state index contributed by atoms with van der Waals surface area (Å²) in [5.41, 5.74) is 11.2. The first-order valence-electron chi connectivity index (χ1n) is 13.0. The van der Waals surface area contributed by atoms with E-state index in [1.807, 2.05) is 67.6 Å². The third-order valence-corrected chi connectivity index (χ3v) is 6.89. The Morgan fingerprint density at radius 1 is 1.17 bits per heavy atom. The largest absolute Gasteiger partial charge is 0.489 e. The van der Waals surface area contributed by atoms with Crippen molar-refractivity contribution in [2.24, 2.45) is 0 Å². The molecule has 2 aromatic carbocycles. The lowest BCUT2D eigenvalue weighted by molar-refractivity contribution is -0.116. The van der Waals surface area contributed by atoms with Crippen molar-refractivity contribution in [2.45, 2.75) is 70.8 Å². The van der Waals surface area contributed by atoms with Gasteiger partial charge >= 0.3 is 0 Å². The summed E-state index contributed by atoms with van der Waals surface area (Å²) in [6.07, 6.45) is 14.5. The molecule has 0 radical (unpaired) electrons. The number of nitrogens with two attached hydrogens (primary N) is 1. The minimum Gasteiger partial charge on any atom is -0.489 e. The molecule has 5 nitrogen and oxygen atoms in total. The lowest BCUT2D eigenvalue weighted by Gasteiger charge is -2.16. The summed E-state index contributed by atoms with van der Waals surface area (Å²) in [5, 5.41) is 3.02. The molecule has 1 amide bonds. The van der Waals surface area contributed by atoms with Crippen LogP contribution in [0.5, 0.6) is 5.75 Å². The summed E-state index contributed by atoms with van der Waals surface area (Å²) in [7, 11) is 0. The van der Waals surface area contributed by atoms with E-state index in [4.69, 9.17) is 10.5 Å². The van der Waals surface area contributed by atoms with Gasteiger partial charge < -0.3 is 15.8 Å². The minimum absolute atomic E-state index is 0.0109. The molecule has 36 heavy (non-hydrogen) atoms. The number of para-hydroxylation sites is 2. The molecule has 2 atom stereocenters. The molecular weight excluding hydrogens is 448 g/mol. The second kappa shape index (κ2) is 11.9. The van der Waals surface area contributed by atoms with Crippen molar-refractivity contribution in [3.8, 4) is 5.75 Å². The van der Waals surface area contributed by atoms with Crippen LogP contribution in [0.25, 0.3) is 5.57 Å². The summed E-state index contributed by atoms with van der Waals surface area (Å²) in [6, 6.07) is 13.4. The molecule has 3 N–H and O–H groups in total. The number of hydrogen-bond acceptors (Lipinski definition) is 4. The molecule has 1 unspecified atom stereocenters. The molecule has 0 heterocycles.